The molecule has 30 heavy (non-hydrogen) atoms. The number of carbonyl (C=O) groups is 1. The molecule has 2 N–H and O–H groups in total. The Morgan fingerprint density at radius 2 is 1.63 bits per heavy atom. The lowest BCUT2D eigenvalue weighted by atomic mass is 9.74. The van der Waals surface area contributed by atoms with Crippen LogP contribution >= 0.6 is 0 Å². The van der Waals surface area contributed by atoms with Crippen molar-refractivity contribution in [3.8, 4) is 6.07 Å². The van der Waals surface area contributed by atoms with Gasteiger partial charge in [-0.05, 0) is 33.0 Å². The number of hydrogen-bond acceptors (Lipinski definition) is 4. The van der Waals surface area contributed by atoms with E-state index in [-0.39, 0.29) is 16.9 Å². The van der Waals surface area contributed by atoms with E-state index < -0.39 is 6.10 Å². The first kappa shape index (κ1) is 18.4. The Morgan fingerprint density at radius 3 is 2.23 bits per heavy atom. The van der Waals surface area contributed by atoms with Crippen LogP contribution in [0.25, 0.3) is 21.5 Å². The van der Waals surface area contributed by atoms with Crippen molar-refractivity contribution in [1.82, 2.24) is 0 Å². The van der Waals surface area contributed by atoms with E-state index in [1.807, 2.05) is 36.4 Å². The van der Waals surface area contributed by atoms with E-state index in [9.17, 15) is 10.1 Å². The van der Waals surface area contributed by atoms with Crippen molar-refractivity contribution in [2.75, 3.05) is 0 Å². The molecule has 0 radical (unpaired) electrons. The van der Waals surface area contributed by atoms with Gasteiger partial charge in [-0.3, -0.25) is 4.79 Å². The van der Waals surface area contributed by atoms with Gasteiger partial charge < -0.3 is 10.5 Å². The summed E-state index contributed by atoms with van der Waals surface area (Å²) >= 11 is 0. The van der Waals surface area contributed by atoms with Crippen molar-refractivity contribution in [1.29, 1.82) is 5.26 Å². The number of carbonyl (C=O) groups excluding carboxylic acids is 1. The normalized spacial score (nSPS) is 20.8. The van der Waals surface area contributed by atoms with Crippen LogP contribution in [-0.2, 0) is 9.53 Å². The SMILES string of the molecule is CC1(C)CC(=O)C2=C(C1)O[C@@H](c1c3ccccc3cc3ccccc13)C(C#N)=C2N. The number of allylic oxidation sites excluding steroid dienone is 2. The Morgan fingerprint density at radius 1 is 1.03 bits per heavy atom. The molecule has 0 bridgehead atoms. The van der Waals surface area contributed by atoms with E-state index in [0.717, 1.165) is 27.1 Å². The van der Waals surface area contributed by atoms with Crippen LogP contribution in [0.15, 0.2) is 77.2 Å². The molecule has 0 amide bonds. The molecular weight excluding hydrogens is 372 g/mol. The van der Waals surface area contributed by atoms with Gasteiger partial charge >= 0.3 is 0 Å². The van der Waals surface area contributed by atoms with Gasteiger partial charge in [-0.25, -0.2) is 0 Å². The third kappa shape index (κ3) is 2.70. The lowest BCUT2D eigenvalue weighted by Crippen LogP contribution is -2.33. The number of nitrogens with two attached hydrogens (primary N) is 1. The minimum absolute atomic E-state index is 0.0484. The fourth-order valence-electron chi connectivity index (χ4n) is 4.80. The standard InChI is InChI=1S/C26H22N2O2/c1-26(2)12-20(29)23-21(13-26)30-25(19(14-27)24(23)28)22-17-9-5-3-7-15(17)11-16-8-4-6-10-18(16)22/h3-11,25H,12-13,28H2,1-2H3/t25-/m1/s1. The maximum Gasteiger partial charge on any atom is 0.168 e. The monoisotopic (exact) mass is 394 g/mol. The van der Waals surface area contributed by atoms with Crippen molar-refractivity contribution in [3.63, 3.8) is 0 Å². The van der Waals surface area contributed by atoms with Gasteiger partial charge in [-0.2, -0.15) is 5.26 Å². The van der Waals surface area contributed by atoms with Crippen molar-refractivity contribution in [2.45, 2.75) is 32.8 Å². The Hall–Kier alpha value is -3.58. The summed E-state index contributed by atoms with van der Waals surface area (Å²) in [6.07, 6.45) is 0.370. The summed E-state index contributed by atoms with van der Waals surface area (Å²) in [4.78, 5) is 12.8. The van der Waals surface area contributed by atoms with Gasteiger partial charge in [0.25, 0.3) is 0 Å². The summed E-state index contributed by atoms with van der Waals surface area (Å²) in [6.45, 7) is 4.11. The van der Waals surface area contributed by atoms with E-state index in [2.05, 4.69) is 38.1 Å². The Kier molecular flexibility index (Phi) is 3.98. The van der Waals surface area contributed by atoms with Crippen molar-refractivity contribution >= 4 is 27.3 Å². The molecule has 3 aromatic carbocycles. The maximum atomic E-state index is 12.8. The molecule has 4 heteroatoms. The zero-order valence-electron chi connectivity index (χ0n) is 17.0. The third-order valence-electron chi connectivity index (χ3n) is 6.11. The zero-order valence-corrected chi connectivity index (χ0v) is 17.0. The number of hydrogen-bond donors (Lipinski definition) is 1. The van der Waals surface area contributed by atoms with Crippen LogP contribution in [-0.4, -0.2) is 5.78 Å². The number of ether oxygens (including phenoxy) is 1. The largest absolute Gasteiger partial charge is 0.484 e. The lowest BCUT2D eigenvalue weighted by Gasteiger charge is -2.37. The number of ketones is 1. The molecule has 0 spiro atoms. The summed E-state index contributed by atoms with van der Waals surface area (Å²) in [5, 5.41) is 14.2. The highest BCUT2D eigenvalue weighted by Gasteiger charge is 2.41. The predicted molar refractivity (Wildman–Crippen MR) is 117 cm³/mol. The Balaban J connectivity index is 1.81. The molecule has 3 aromatic rings. The third-order valence-corrected chi connectivity index (χ3v) is 6.11. The van der Waals surface area contributed by atoms with Crippen molar-refractivity contribution in [2.24, 2.45) is 11.1 Å². The smallest absolute Gasteiger partial charge is 0.168 e. The first-order valence-electron chi connectivity index (χ1n) is 10.1. The van der Waals surface area contributed by atoms with Gasteiger partial charge in [0.2, 0.25) is 0 Å². The maximum absolute atomic E-state index is 12.8. The second-order valence-corrected chi connectivity index (χ2v) is 8.91. The molecule has 0 fully saturated rings. The van der Waals surface area contributed by atoms with Crippen LogP contribution in [0.1, 0.15) is 38.4 Å². The summed E-state index contributed by atoms with van der Waals surface area (Å²) < 4.78 is 6.47. The van der Waals surface area contributed by atoms with Crippen molar-refractivity contribution in [3.05, 3.63) is 82.8 Å². The summed E-state index contributed by atoms with van der Waals surface area (Å²) in [7, 11) is 0. The van der Waals surface area contributed by atoms with E-state index in [1.165, 1.54) is 0 Å². The van der Waals surface area contributed by atoms with E-state index in [0.29, 0.717) is 29.7 Å². The number of nitriles is 1. The molecule has 1 atom stereocenters. The van der Waals surface area contributed by atoms with Gasteiger partial charge in [0.15, 0.2) is 11.9 Å². The van der Waals surface area contributed by atoms with Gasteiger partial charge in [-0.1, -0.05) is 62.4 Å². The highest BCUT2D eigenvalue weighted by atomic mass is 16.5. The van der Waals surface area contributed by atoms with Crippen LogP contribution in [0.4, 0.5) is 0 Å². The second kappa shape index (κ2) is 6.47. The average Bonchev–Trinajstić information content (AvgIpc) is 2.70. The highest BCUT2D eigenvalue weighted by molar-refractivity contribution is 6.04. The van der Waals surface area contributed by atoms with Gasteiger partial charge in [0, 0.05) is 18.4 Å². The fourth-order valence-corrected chi connectivity index (χ4v) is 4.80. The molecule has 1 aliphatic carbocycles. The molecule has 1 heterocycles. The number of nitrogens with zero attached hydrogens (tertiary/aromatic N) is 1. The highest BCUT2D eigenvalue weighted by Crippen LogP contribution is 2.48. The quantitative estimate of drug-likeness (QED) is 0.557. The van der Waals surface area contributed by atoms with Gasteiger partial charge in [0.1, 0.15) is 11.8 Å². The average molecular weight is 394 g/mol. The van der Waals surface area contributed by atoms with Crippen molar-refractivity contribution < 1.29 is 9.53 Å². The van der Waals surface area contributed by atoms with Crippen LogP contribution in [0.2, 0.25) is 0 Å². The number of Topliss-reactive ketones (excluding diaryl/α,β-unsaturated/α-hetero) is 1. The minimum atomic E-state index is -0.647. The number of rotatable bonds is 1. The molecule has 148 valence electrons. The fraction of sp³-hybridized carbons (Fsp3) is 0.231. The molecule has 1 aliphatic heterocycles. The molecule has 5 rings (SSSR count). The minimum Gasteiger partial charge on any atom is -0.484 e. The first-order chi connectivity index (χ1) is 14.4. The lowest BCUT2D eigenvalue weighted by molar-refractivity contribution is -0.118. The molecule has 0 unspecified atom stereocenters. The van der Waals surface area contributed by atoms with Crippen LogP contribution in [0, 0.1) is 16.7 Å². The van der Waals surface area contributed by atoms with E-state index >= 15 is 0 Å². The van der Waals surface area contributed by atoms with Crippen LogP contribution in [0.5, 0.6) is 0 Å². The van der Waals surface area contributed by atoms with Crippen LogP contribution in [0.3, 0.4) is 0 Å². The zero-order chi connectivity index (χ0) is 21.0. The molecule has 0 saturated heterocycles. The van der Waals surface area contributed by atoms with Gasteiger partial charge in [-0.15, -0.1) is 0 Å². The number of fused-ring (bicyclic) bond motifs is 2. The summed E-state index contributed by atoms with van der Waals surface area (Å²) in [5.41, 5.74) is 8.13. The Labute approximate surface area is 175 Å². The summed E-state index contributed by atoms with van der Waals surface area (Å²) in [5.74, 6) is 0.558. The van der Waals surface area contributed by atoms with E-state index in [4.69, 9.17) is 10.5 Å². The first-order valence-corrected chi connectivity index (χ1v) is 10.1. The predicted octanol–water partition coefficient (Wildman–Crippen LogP) is 5.44. The second-order valence-electron chi connectivity index (χ2n) is 8.91. The molecule has 4 nitrogen and oxygen atoms in total. The van der Waals surface area contributed by atoms with Gasteiger partial charge in [0.05, 0.1) is 16.8 Å². The molecule has 0 saturated carbocycles. The molecule has 0 aromatic heterocycles. The molecular formula is C26H22N2O2. The topological polar surface area (TPSA) is 76.1 Å². The molecule has 2 aliphatic rings. The Bertz CT molecular complexity index is 1280. The van der Waals surface area contributed by atoms with E-state index in [1.54, 1.807) is 0 Å². The summed E-state index contributed by atoms with van der Waals surface area (Å²) in [6, 6.07) is 20.6. The van der Waals surface area contributed by atoms with Crippen LogP contribution < -0.4 is 5.73 Å². The number of benzene rings is 3.